The fourth-order valence-electron chi connectivity index (χ4n) is 2.01. The normalized spacial score (nSPS) is 19.7. The number of nitrogens with two attached hydrogens (primary N) is 1. The largest absolute Gasteiger partial charge is 0.497 e. The van der Waals surface area contributed by atoms with Gasteiger partial charge in [-0.3, -0.25) is 11.3 Å². The SMILES string of the molecule is COc1cccc(C(NN)C2(C)CC2)c1. The van der Waals surface area contributed by atoms with E-state index in [-0.39, 0.29) is 6.04 Å². The van der Waals surface area contributed by atoms with Crippen LogP contribution >= 0.6 is 0 Å². The van der Waals surface area contributed by atoms with Crippen LogP contribution in [-0.4, -0.2) is 7.11 Å². The van der Waals surface area contributed by atoms with Crippen LogP contribution in [0.2, 0.25) is 0 Å². The second kappa shape index (κ2) is 3.83. The lowest BCUT2D eigenvalue weighted by atomic mass is 9.92. The van der Waals surface area contributed by atoms with E-state index in [0.717, 1.165) is 5.75 Å². The van der Waals surface area contributed by atoms with Crippen LogP contribution in [0.4, 0.5) is 0 Å². The van der Waals surface area contributed by atoms with Crippen LogP contribution in [0.5, 0.6) is 5.75 Å². The Bertz CT molecular complexity index is 347. The molecule has 1 fully saturated rings. The Labute approximate surface area is 90.6 Å². The Balaban J connectivity index is 2.26. The molecule has 3 heteroatoms. The zero-order valence-corrected chi connectivity index (χ0v) is 9.29. The molecule has 0 amide bonds. The summed E-state index contributed by atoms with van der Waals surface area (Å²) in [4.78, 5) is 0. The molecule has 1 aliphatic carbocycles. The first-order chi connectivity index (χ1) is 7.19. The Hall–Kier alpha value is -1.06. The highest BCUT2D eigenvalue weighted by molar-refractivity contribution is 5.32. The van der Waals surface area contributed by atoms with Crippen molar-refractivity contribution in [1.29, 1.82) is 0 Å². The molecule has 3 N–H and O–H groups in total. The summed E-state index contributed by atoms with van der Waals surface area (Å²) >= 11 is 0. The van der Waals surface area contributed by atoms with E-state index in [9.17, 15) is 0 Å². The van der Waals surface area contributed by atoms with E-state index < -0.39 is 0 Å². The van der Waals surface area contributed by atoms with Crippen molar-refractivity contribution >= 4 is 0 Å². The van der Waals surface area contributed by atoms with Crippen LogP contribution in [0.3, 0.4) is 0 Å². The van der Waals surface area contributed by atoms with Gasteiger partial charge in [0.15, 0.2) is 0 Å². The third-order valence-corrected chi connectivity index (χ3v) is 3.33. The third kappa shape index (κ3) is 1.98. The Morgan fingerprint density at radius 2 is 2.20 bits per heavy atom. The van der Waals surface area contributed by atoms with Gasteiger partial charge in [0.05, 0.1) is 13.2 Å². The van der Waals surface area contributed by atoms with Crippen molar-refractivity contribution in [2.24, 2.45) is 11.3 Å². The van der Waals surface area contributed by atoms with E-state index in [1.165, 1.54) is 18.4 Å². The van der Waals surface area contributed by atoms with Crippen molar-refractivity contribution in [3.63, 3.8) is 0 Å². The van der Waals surface area contributed by atoms with Crippen LogP contribution < -0.4 is 16.0 Å². The van der Waals surface area contributed by atoms with Gasteiger partial charge < -0.3 is 4.74 Å². The summed E-state index contributed by atoms with van der Waals surface area (Å²) in [6.07, 6.45) is 2.47. The molecule has 1 aliphatic rings. The number of rotatable bonds is 4. The van der Waals surface area contributed by atoms with Crippen LogP contribution in [0.1, 0.15) is 31.4 Å². The highest BCUT2D eigenvalue weighted by Crippen LogP contribution is 2.54. The third-order valence-electron chi connectivity index (χ3n) is 3.33. The monoisotopic (exact) mass is 206 g/mol. The standard InChI is InChI=1S/C12H18N2O/c1-12(6-7-12)11(14-13)9-4-3-5-10(8-9)15-2/h3-5,8,11,14H,6-7,13H2,1-2H3. The topological polar surface area (TPSA) is 47.3 Å². The molecule has 0 radical (unpaired) electrons. The van der Waals surface area contributed by atoms with Crippen molar-refractivity contribution in [2.45, 2.75) is 25.8 Å². The molecule has 3 nitrogen and oxygen atoms in total. The number of hydrazine groups is 1. The summed E-state index contributed by atoms with van der Waals surface area (Å²) in [6, 6.07) is 8.33. The number of nitrogens with one attached hydrogen (secondary N) is 1. The Morgan fingerprint density at radius 3 is 2.73 bits per heavy atom. The van der Waals surface area contributed by atoms with Crippen LogP contribution in [-0.2, 0) is 0 Å². The molecule has 0 bridgehead atoms. The van der Waals surface area contributed by atoms with Crippen molar-refractivity contribution in [2.75, 3.05) is 7.11 Å². The first-order valence-corrected chi connectivity index (χ1v) is 5.30. The number of methoxy groups -OCH3 is 1. The number of hydrogen-bond donors (Lipinski definition) is 2. The van der Waals surface area contributed by atoms with Crippen molar-refractivity contribution < 1.29 is 4.74 Å². The van der Waals surface area contributed by atoms with E-state index in [4.69, 9.17) is 10.6 Å². The molecule has 0 saturated heterocycles. The summed E-state index contributed by atoms with van der Waals surface area (Å²) in [6.45, 7) is 2.26. The fourth-order valence-corrected chi connectivity index (χ4v) is 2.01. The Morgan fingerprint density at radius 1 is 1.47 bits per heavy atom. The van der Waals surface area contributed by atoms with Gasteiger partial charge in [-0.05, 0) is 36.0 Å². The molecule has 0 heterocycles. The number of benzene rings is 1. The van der Waals surface area contributed by atoms with Crippen molar-refractivity contribution in [3.05, 3.63) is 29.8 Å². The first-order valence-electron chi connectivity index (χ1n) is 5.30. The van der Waals surface area contributed by atoms with Gasteiger partial charge in [-0.25, -0.2) is 0 Å². The predicted molar refractivity (Wildman–Crippen MR) is 60.4 cm³/mol. The van der Waals surface area contributed by atoms with Crippen LogP contribution in [0.25, 0.3) is 0 Å². The zero-order valence-electron chi connectivity index (χ0n) is 9.29. The quantitative estimate of drug-likeness (QED) is 0.585. The summed E-state index contributed by atoms with van der Waals surface area (Å²) < 4.78 is 5.21. The fraction of sp³-hybridized carbons (Fsp3) is 0.500. The van der Waals surface area contributed by atoms with Gasteiger partial charge in [0, 0.05) is 0 Å². The van der Waals surface area contributed by atoms with E-state index in [2.05, 4.69) is 18.4 Å². The molecular formula is C12H18N2O. The molecule has 2 rings (SSSR count). The van der Waals surface area contributed by atoms with Crippen molar-refractivity contribution in [3.8, 4) is 5.75 Å². The second-order valence-corrected chi connectivity index (χ2v) is 4.53. The van der Waals surface area contributed by atoms with Gasteiger partial charge in [-0.15, -0.1) is 0 Å². The lowest BCUT2D eigenvalue weighted by molar-refractivity contribution is 0.368. The van der Waals surface area contributed by atoms with E-state index in [0.29, 0.717) is 5.41 Å². The molecule has 0 aliphatic heterocycles. The molecule has 82 valence electrons. The van der Waals surface area contributed by atoms with Gasteiger partial charge in [-0.1, -0.05) is 19.1 Å². The van der Waals surface area contributed by atoms with Gasteiger partial charge in [0.25, 0.3) is 0 Å². The molecule has 1 aromatic rings. The number of hydrogen-bond acceptors (Lipinski definition) is 3. The average Bonchev–Trinajstić information content (AvgIpc) is 2.98. The molecule has 1 unspecified atom stereocenters. The maximum atomic E-state index is 5.63. The van der Waals surface area contributed by atoms with Gasteiger partial charge >= 0.3 is 0 Å². The summed E-state index contributed by atoms with van der Waals surface area (Å²) in [5.41, 5.74) is 4.44. The molecule has 0 spiro atoms. The molecule has 1 atom stereocenters. The van der Waals surface area contributed by atoms with Crippen molar-refractivity contribution in [1.82, 2.24) is 5.43 Å². The van der Waals surface area contributed by atoms with Crippen LogP contribution in [0, 0.1) is 5.41 Å². The van der Waals surface area contributed by atoms with E-state index in [1.54, 1.807) is 7.11 Å². The minimum absolute atomic E-state index is 0.229. The summed E-state index contributed by atoms with van der Waals surface area (Å²) in [7, 11) is 1.68. The minimum Gasteiger partial charge on any atom is -0.497 e. The molecule has 1 aromatic carbocycles. The summed E-state index contributed by atoms with van der Waals surface area (Å²) in [5, 5.41) is 0. The summed E-state index contributed by atoms with van der Waals surface area (Å²) in [5.74, 6) is 6.52. The van der Waals surface area contributed by atoms with Gasteiger partial charge in [0.2, 0.25) is 0 Å². The van der Waals surface area contributed by atoms with E-state index >= 15 is 0 Å². The maximum Gasteiger partial charge on any atom is 0.119 e. The minimum atomic E-state index is 0.229. The Kier molecular flexibility index (Phi) is 2.67. The highest BCUT2D eigenvalue weighted by Gasteiger charge is 2.45. The second-order valence-electron chi connectivity index (χ2n) is 4.53. The molecule has 1 saturated carbocycles. The van der Waals surface area contributed by atoms with Crippen LogP contribution in [0.15, 0.2) is 24.3 Å². The lowest BCUT2D eigenvalue weighted by Gasteiger charge is -2.23. The molecule has 0 aromatic heterocycles. The maximum absolute atomic E-state index is 5.63. The first kappa shape index (κ1) is 10.5. The lowest BCUT2D eigenvalue weighted by Crippen LogP contribution is -2.33. The van der Waals surface area contributed by atoms with Gasteiger partial charge in [0.1, 0.15) is 5.75 Å². The number of ether oxygens (including phenoxy) is 1. The highest BCUT2D eigenvalue weighted by atomic mass is 16.5. The zero-order chi connectivity index (χ0) is 10.9. The van der Waals surface area contributed by atoms with Gasteiger partial charge in [-0.2, -0.15) is 0 Å². The molecule has 15 heavy (non-hydrogen) atoms. The van der Waals surface area contributed by atoms with E-state index in [1.807, 2.05) is 18.2 Å². The smallest absolute Gasteiger partial charge is 0.119 e. The molecular weight excluding hydrogens is 188 g/mol. The predicted octanol–water partition coefficient (Wildman–Crippen LogP) is 2.00. The average molecular weight is 206 g/mol.